The second-order valence-corrected chi connectivity index (χ2v) is 6.68. The summed E-state index contributed by atoms with van der Waals surface area (Å²) in [6.45, 7) is 4.02. The Balaban J connectivity index is 1.53. The van der Waals surface area contributed by atoms with Gasteiger partial charge in [0.05, 0.1) is 7.11 Å². The molecular formula is C23H20N2O3. The first-order valence-corrected chi connectivity index (χ1v) is 8.97. The predicted molar refractivity (Wildman–Crippen MR) is 110 cm³/mol. The van der Waals surface area contributed by atoms with Crippen LogP contribution >= 0.6 is 0 Å². The topological polar surface area (TPSA) is 64.4 Å². The Morgan fingerprint density at radius 2 is 1.75 bits per heavy atom. The van der Waals surface area contributed by atoms with Gasteiger partial charge in [-0.3, -0.25) is 4.79 Å². The highest BCUT2D eigenvalue weighted by Gasteiger charge is 2.11. The summed E-state index contributed by atoms with van der Waals surface area (Å²) < 4.78 is 11.0. The maximum absolute atomic E-state index is 12.5. The molecule has 1 N–H and O–H groups in total. The van der Waals surface area contributed by atoms with Crippen molar-refractivity contribution < 1.29 is 13.9 Å². The van der Waals surface area contributed by atoms with E-state index in [2.05, 4.69) is 10.3 Å². The summed E-state index contributed by atoms with van der Waals surface area (Å²) in [6.07, 6.45) is 0. The van der Waals surface area contributed by atoms with Crippen molar-refractivity contribution in [3.05, 3.63) is 77.4 Å². The molecule has 0 aliphatic carbocycles. The van der Waals surface area contributed by atoms with Crippen molar-refractivity contribution in [1.29, 1.82) is 0 Å². The number of fused-ring (bicyclic) bond motifs is 1. The van der Waals surface area contributed by atoms with E-state index in [4.69, 9.17) is 9.15 Å². The summed E-state index contributed by atoms with van der Waals surface area (Å²) in [7, 11) is 1.62. The molecule has 5 nitrogen and oxygen atoms in total. The number of oxazole rings is 1. The van der Waals surface area contributed by atoms with Gasteiger partial charge >= 0.3 is 0 Å². The molecule has 1 heterocycles. The molecule has 0 aliphatic heterocycles. The number of carbonyl (C=O) groups excluding carboxylic acids is 1. The van der Waals surface area contributed by atoms with Gasteiger partial charge in [-0.25, -0.2) is 4.98 Å². The van der Waals surface area contributed by atoms with Gasteiger partial charge in [-0.05, 0) is 73.5 Å². The van der Waals surface area contributed by atoms with E-state index >= 15 is 0 Å². The van der Waals surface area contributed by atoms with Gasteiger partial charge in [0.2, 0.25) is 5.89 Å². The van der Waals surface area contributed by atoms with Crippen LogP contribution in [0.15, 0.2) is 65.1 Å². The van der Waals surface area contributed by atoms with Crippen LogP contribution in [0, 0.1) is 13.8 Å². The fraction of sp³-hybridized carbons (Fsp3) is 0.130. The number of anilines is 1. The van der Waals surface area contributed by atoms with E-state index in [-0.39, 0.29) is 5.91 Å². The summed E-state index contributed by atoms with van der Waals surface area (Å²) in [5.74, 6) is 1.12. The van der Waals surface area contributed by atoms with Crippen LogP contribution in [-0.2, 0) is 0 Å². The first-order chi connectivity index (χ1) is 13.5. The Hall–Kier alpha value is -3.60. The molecule has 4 aromatic rings. The van der Waals surface area contributed by atoms with Gasteiger partial charge in [-0.2, -0.15) is 0 Å². The van der Waals surface area contributed by atoms with Crippen LogP contribution in [0.1, 0.15) is 21.5 Å². The molecule has 0 radical (unpaired) electrons. The number of aryl methyl sites for hydroxylation is 2. The van der Waals surface area contributed by atoms with Crippen LogP contribution in [0.25, 0.3) is 22.6 Å². The lowest BCUT2D eigenvalue weighted by Crippen LogP contribution is -2.12. The monoisotopic (exact) mass is 372 g/mol. The summed E-state index contributed by atoms with van der Waals surface area (Å²) in [5, 5.41) is 2.92. The zero-order valence-corrected chi connectivity index (χ0v) is 15.9. The van der Waals surface area contributed by atoms with Crippen molar-refractivity contribution in [2.24, 2.45) is 0 Å². The Labute approximate surface area is 163 Å². The minimum Gasteiger partial charge on any atom is -0.497 e. The Kier molecular flexibility index (Phi) is 4.57. The normalized spacial score (nSPS) is 10.8. The molecule has 140 valence electrons. The number of aromatic nitrogens is 1. The van der Waals surface area contributed by atoms with Crippen LogP contribution in [0.5, 0.6) is 5.75 Å². The van der Waals surface area contributed by atoms with Gasteiger partial charge in [-0.1, -0.05) is 6.07 Å². The lowest BCUT2D eigenvalue weighted by Gasteiger charge is -2.07. The van der Waals surface area contributed by atoms with Crippen molar-refractivity contribution in [3.8, 4) is 17.2 Å². The van der Waals surface area contributed by atoms with Crippen LogP contribution < -0.4 is 10.1 Å². The van der Waals surface area contributed by atoms with Gasteiger partial charge in [0.15, 0.2) is 5.58 Å². The molecular weight excluding hydrogens is 352 g/mol. The van der Waals surface area contributed by atoms with Gasteiger partial charge in [0.1, 0.15) is 11.3 Å². The third-order valence-electron chi connectivity index (χ3n) is 4.75. The number of ether oxygens (including phenoxy) is 1. The fourth-order valence-electron chi connectivity index (χ4n) is 2.94. The average Bonchev–Trinajstić information content (AvgIpc) is 3.13. The molecule has 1 amide bonds. The van der Waals surface area contributed by atoms with Gasteiger partial charge in [-0.15, -0.1) is 0 Å². The molecule has 0 fully saturated rings. The first kappa shape index (κ1) is 17.8. The van der Waals surface area contributed by atoms with E-state index < -0.39 is 0 Å². The highest BCUT2D eigenvalue weighted by atomic mass is 16.5. The first-order valence-electron chi connectivity index (χ1n) is 8.97. The Morgan fingerprint density at radius 3 is 2.46 bits per heavy atom. The largest absolute Gasteiger partial charge is 0.497 e. The zero-order valence-electron chi connectivity index (χ0n) is 15.9. The molecule has 4 rings (SSSR count). The molecule has 1 aromatic heterocycles. The predicted octanol–water partition coefficient (Wildman–Crippen LogP) is 5.37. The maximum Gasteiger partial charge on any atom is 0.255 e. The van der Waals surface area contributed by atoms with E-state index in [0.717, 1.165) is 28.0 Å². The molecule has 28 heavy (non-hydrogen) atoms. The molecule has 0 saturated heterocycles. The quantitative estimate of drug-likeness (QED) is 0.523. The lowest BCUT2D eigenvalue weighted by atomic mass is 10.1. The highest BCUT2D eigenvalue weighted by Crippen LogP contribution is 2.27. The SMILES string of the molecule is COc1ccc2oc(-c3ccc(NC(=O)c4ccc(C)c(C)c4)cc3)nc2c1. The van der Waals surface area contributed by atoms with E-state index in [9.17, 15) is 4.79 Å². The van der Waals surface area contributed by atoms with Crippen molar-refractivity contribution in [3.63, 3.8) is 0 Å². The minimum absolute atomic E-state index is 0.134. The lowest BCUT2D eigenvalue weighted by molar-refractivity contribution is 0.102. The van der Waals surface area contributed by atoms with E-state index in [1.54, 1.807) is 7.11 Å². The third-order valence-corrected chi connectivity index (χ3v) is 4.75. The summed E-state index contributed by atoms with van der Waals surface area (Å²) >= 11 is 0. The Morgan fingerprint density at radius 1 is 0.964 bits per heavy atom. The number of nitrogens with zero attached hydrogens (tertiary/aromatic N) is 1. The van der Waals surface area contributed by atoms with Crippen molar-refractivity contribution in [2.45, 2.75) is 13.8 Å². The van der Waals surface area contributed by atoms with E-state index in [1.165, 1.54) is 0 Å². The molecule has 0 atom stereocenters. The number of nitrogens with one attached hydrogen (secondary N) is 1. The van der Waals surface area contributed by atoms with Gasteiger partial charge in [0.25, 0.3) is 5.91 Å². The van der Waals surface area contributed by atoms with Crippen LogP contribution in [-0.4, -0.2) is 18.0 Å². The molecule has 0 aliphatic rings. The maximum atomic E-state index is 12.5. The van der Waals surface area contributed by atoms with Crippen molar-refractivity contribution in [2.75, 3.05) is 12.4 Å². The van der Waals surface area contributed by atoms with Crippen molar-refractivity contribution >= 4 is 22.7 Å². The average molecular weight is 372 g/mol. The number of methoxy groups -OCH3 is 1. The molecule has 0 spiro atoms. The van der Waals surface area contributed by atoms with Gasteiger partial charge in [0, 0.05) is 22.9 Å². The number of amides is 1. The van der Waals surface area contributed by atoms with Crippen molar-refractivity contribution in [1.82, 2.24) is 4.98 Å². The summed E-state index contributed by atoms with van der Waals surface area (Å²) in [5.41, 5.74) is 5.88. The molecule has 5 heteroatoms. The zero-order chi connectivity index (χ0) is 19.7. The second kappa shape index (κ2) is 7.19. The highest BCUT2D eigenvalue weighted by molar-refractivity contribution is 6.04. The Bertz CT molecular complexity index is 1160. The molecule has 3 aromatic carbocycles. The fourth-order valence-corrected chi connectivity index (χ4v) is 2.94. The molecule has 0 saturated carbocycles. The van der Waals surface area contributed by atoms with E-state index in [0.29, 0.717) is 22.7 Å². The molecule has 0 bridgehead atoms. The second-order valence-electron chi connectivity index (χ2n) is 6.68. The standard InChI is InChI=1S/C23H20N2O3/c1-14-4-5-17(12-15(14)2)22(26)24-18-8-6-16(7-9-18)23-25-20-13-19(27-3)10-11-21(20)28-23/h4-13H,1-3H3,(H,24,26). The number of carbonyl (C=O) groups is 1. The number of benzene rings is 3. The van der Waals surface area contributed by atoms with Crippen LogP contribution in [0.3, 0.4) is 0 Å². The minimum atomic E-state index is -0.134. The number of rotatable bonds is 4. The summed E-state index contributed by atoms with van der Waals surface area (Å²) in [4.78, 5) is 17.0. The third kappa shape index (κ3) is 3.47. The number of hydrogen-bond donors (Lipinski definition) is 1. The summed E-state index contributed by atoms with van der Waals surface area (Å²) in [6, 6.07) is 18.6. The molecule has 0 unspecified atom stereocenters. The van der Waals surface area contributed by atoms with E-state index in [1.807, 2.05) is 74.5 Å². The van der Waals surface area contributed by atoms with Gasteiger partial charge < -0.3 is 14.5 Å². The van der Waals surface area contributed by atoms with Crippen LogP contribution in [0.4, 0.5) is 5.69 Å². The number of hydrogen-bond acceptors (Lipinski definition) is 4. The smallest absolute Gasteiger partial charge is 0.255 e. The van der Waals surface area contributed by atoms with Crippen LogP contribution in [0.2, 0.25) is 0 Å².